The van der Waals surface area contributed by atoms with E-state index in [4.69, 9.17) is 26.1 Å². The molecule has 5 rings (SSSR count). The fraction of sp³-hybridized carbons (Fsp3) is 0.500. The topological polar surface area (TPSA) is 95.3 Å². The van der Waals surface area contributed by atoms with Crippen LogP contribution in [0.3, 0.4) is 0 Å². The van der Waals surface area contributed by atoms with Gasteiger partial charge in [-0.25, -0.2) is 18.4 Å². The van der Waals surface area contributed by atoms with Crippen molar-refractivity contribution in [1.29, 1.82) is 0 Å². The molecule has 3 aromatic rings. The van der Waals surface area contributed by atoms with Crippen LogP contribution in [0.5, 0.6) is 0 Å². The molecule has 0 radical (unpaired) electrons. The van der Waals surface area contributed by atoms with Gasteiger partial charge < -0.3 is 14.8 Å². The van der Waals surface area contributed by atoms with Crippen molar-refractivity contribution < 1.29 is 17.9 Å². The Hall–Kier alpha value is -2.20. The summed E-state index contributed by atoms with van der Waals surface area (Å²) in [6.45, 7) is 3.31. The second-order valence-corrected chi connectivity index (χ2v) is 11.4. The first kappa shape index (κ1) is 23.5. The van der Waals surface area contributed by atoms with Crippen molar-refractivity contribution in [3.05, 3.63) is 40.8 Å². The van der Waals surface area contributed by atoms with Crippen LogP contribution >= 0.6 is 11.6 Å². The van der Waals surface area contributed by atoms with Crippen LogP contribution in [0.25, 0.3) is 11.2 Å². The molecule has 2 aliphatic heterocycles. The molecule has 2 atom stereocenters. The highest BCUT2D eigenvalue weighted by Crippen LogP contribution is 2.36. The predicted octanol–water partition coefficient (Wildman–Crippen LogP) is 5.48. The van der Waals surface area contributed by atoms with E-state index in [0.29, 0.717) is 40.9 Å². The number of benzene rings is 1. The molecule has 1 N–H and O–H groups in total. The van der Waals surface area contributed by atoms with Crippen molar-refractivity contribution in [1.82, 2.24) is 14.5 Å². The fourth-order valence-corrected chi connectivity index (χ4v) is 5.86. The van der Waals surface area contributed by atoms with Gasteiger partial charge in [-0.05, 0) is 63.1 Å². The normalized spacial score (nSPS) is 21.6. The summed E-state index contributed by atoms with van der Waals surface area (Å²) in [7, 11) is -3.51. The lowest BCUT2D eigenvalue weighted by Gasteiger charge is -2.25. The van der Waals surface area contributed by atoms with Gasteiger partial charge in [0.15, 0.2) is 15.5 Å². The van der Waals surface area contributed by atoms with E-state index in [2.05, 4.69) is 10.3 Å². The molecule has 2 fully saturated rings. The van der Waals surface area contributed by atoms with Crippen molar-refractivity contribution >= 4 is 44.0 Å². The first-order chi connectivity index (χ1) is 16.3. The Morgan fingerprint density at radius 3 is 2.47 bits per heavy atom. The Balaban J connectivity index is 1.56. The zero-order chi connectivity index (χ0) is 23.9. The molecule has 0 bridgehead atoms. The maximum atomic E-state index is 12.7. The summed E-state index contributed by atoms with van der Waals surface area (Å²) in [5.74, 6) is 0.771. The monoisotopic (exact) mass is 504 g/mol. The van der Waals surface area contributed by atoms with Gasteiger partial charge in [-0.2, -0.15) is 0 Å². The van der Waals surface area contributed by atoms with Crippen LogP contribution in [0.4, 0.5) is 11.4 Å². The minimum absolute atomic E-state index is 0.0841. The SMILES string of the molecule is Cc1nc2c(Nc3ccc([C@H]4CCCCO4)cc3S(C)(=O)=O)cc(Cl)nc2n1C1CCCCO1. The molecule has 0 saturated carbocycles. The Morgan fingerprint density at radius 2 is 1.79 bits per heavy atom. The van der Waals surface area contributed by atoms with Gasteiger partial charge in [-0.15, -0.1) is 0 Å². The Morgan fingerprint density at radius 1 is 1.03 bits per heavy atom. The lowest BCUT2D eigenvalue weighted by Crippen LogP contribution is -2.19. The summed E-state index contributed by atoms with van der Waals surface area (Å²) in [6, 6.07) is 7.10. The van der Waals surface area contributed by atoms with Crippen molar-refractivity contribution in [3.63, 3.8) is 0 Å². The standard InChI is InChI=1S/C24H29ClN4O4S/c1-15-26-23-18(14-21(25)28-24(23)29(15)22-8-4-6-12-33-22)27-17-10-9-16(13-20(17)34(2,30)31)19-7-3-5-11-32-19/h9-10,13-14,19,22H,3-8,11-12H2,1-2H3,(H,27,28)/t19-,22?/m1/s1. The Bertz CT molecular complexity index is 1310. The van der Waals surface area contributed by atoms with E-state index in [1.807, 2.05) is 17.6 Å². The smallest absolute Gasteiger partial charge is 0.177 e. The summed E-state index contributed by atoms with van der Waals surface area (Å²) < 4.78 is 39.3. The van der Waals surface area contributed by atoms with Crippen molar-refractivity contribution in [2.24, 2.45) is 0 Å². The molecule has 10 heteroatoms. The number of nitrogens with one attached hydrogen (secondary N) is 1. The number of rotatable bonds is 5. The van der Waals surface area contributed by atoms with Crippen molar-refractivity contribution in [2.45, 2.75) is 62.7 Å². The highest BCUT2D eigenvalue weighted by Gasteiger charge is 2.25. The molecule has 1 unspecified atom stereocenters. The number of nitrogens with zero attached hydrogens (tertiary/aromatic N) is 3. The molecule has 0 aliphatic carbocycles. The number of imidazole rings is 1. The van der Waals surface area contributed by atoms with E-state index in [1.165, 1.54) is 6.26 Å². The Kier molecular flexibility index (Phi) is 6.54. The van der Waals surface area contributed by atoms with Crippen LogP contribution in [0.1, 0.15) is 62.2 Å². The molecular weight excluding hydrogens is 476 g/mol. The zero-order valence-electron chi connectivity index (χ0n) is 19.4. The number of hydrogen-bond acceptors (Lipinski definition) is 7. The highest BCUT2D eigenvalue weighted by molar-refractivity contribution is 7.90. The molecule has 34 heavy (non-hydrogen) atoms. The number of aromatic nitrogens is 3. The molecule has 8 nitrogen and oxygen atoms in total. The number of fused-ring (bicyclic) bond motifs is 1. The van der Waals surface area contributed by atoms with Gasteiger partial charge in [0.2, 0.25) is 0 Å². The lowest BCUT2D eigenvalue weighted by atomic mass is 10.0. The minimum Gasteiger partial charge on any atom is -0.374 e. The van der Waals surface area contributed by atoms with Gasteiger partial charge in [-0.3, -0.25) is 4.57 Å². The highest BCUT2D eigenvalue weighted by atomic mass is 35.5. The second kappa shape index (κ2) is 9.45. The molecular formula is C24H29ClN4O4S. The third kappa shape index (κ3) is 4.66. The predicted molar refractivity (Wildman–Crippen MR) is 131 cm³/mol. The Labute approximate surface area is 204 Å². The van der Waals surface area contributed by atoms with Crippen LogP contribution in [0, 0.1) is 6.92 Å². The zero-order valence-corrected chi connectivity index (χ0v) is 21.0. The molecule has 182 valence electrons. The number of halogens is 1. The van der Waals surface area contributed by atoms with Crippen molar-refractivity contribution in [3.8, 4) is 0 Å². The molecule has 1 aromatic carbocycles. The van der Waals surface area contributed by atoms with Crippen LogP contribution in [0.15, 0.2) is 29.2 Å². The largest absolute Gasteiger partial charge is 0.374 e. The molecule has 0 spiro atoms. The van der Waals surface area contributed by atoms with Crippen LogP contribution in [-0.2, 0) is 19.3 Å². The summed E-state index contributed by atoms with van der Waals surface area (Å²) in [4.78, 5) is 9.48. The molecule has 4 heterocycles. The molecule has 0 amide bonds. The number of anilines is 2. The maximum Gasteiger partial charge on any atom is 0.177 e. The quantitative estimate of drug-likeness (QED) is 0.459. The number of hydrogen-bond donors (Lipinski definition) is 1. The molecule has 2 saturated heterocycles. The minimum atomic E-state index is -3.51. The molecule has 2 aromatic heterocycles. The fourth-order valence-electron chi connectivity index (χ4n) is 4.81. The second-order valence-electron chi connectivity index (χ2n) is 9.02. The average molecular weight is 505 g/mol. The summed E-state index contributed by atoms with van der Waals surface area (Å²) in [5.41, 5.74) is 3.17. The lowest BCUT2D eigenvalue weighted by molar-refractivity contribution is -0.0309. The van der Waals surface area contributed by atoms with Gasteiger partial charge in [0, 0.05) is 25.5 Å². The summed E-state index contributed by atoms with van der Waals surface area (Å²) in [5, 5.41) is 3.57. The summed E-state index contributed by atoms with van der Waals surface area (Å²) in [6.07, 6.45) is 6.98. The van der Waals surface area contributed by atoms with Gasteiger partial charge in [-0.1, -0.05) is 17.7 Å². The first-order valence-corrected chi connectivity index (χ1v) is 14.0. The van der Waals surface area contributed by atoms with Gasteiger partial charge in [0.1, 0.15) is 22.7 Å². The number of sulfone groups is 1. The van der Waals surface area contributed by atoms with Gasteiger partial charge >= 0.3 is 0 Å². The van der Waals surface area contributed by atoms with E-state index in [1.54, 1.807) is 18.2 Å². The van der Waals surface area contributed by atoms with Crippen molar-refractivity contribution in [2.75, 3.05) is 24.8 Å². The first-order valence-electron chi connectivity index (χ1n) is 11.7. The van der Waals surface area contributed by atoms with Gasteiger partial charge in [0.25, 0.3) is 0 Å². The van der Waals surface area contributed by atoms with Crippen LogP contribution < -0.4 is 5.32 Å². The number of pyridine rings is 1. The van der Waals surface area contributed by atoms with E-state index < -0.39 is 9.84 Å². The van der Waals surface area contributed by atoms with E-state index in [9.17, 15) is 8.42 Å². The van der Waals surface area contributed by atoms with Crippen LogP contribution in [-0.4, -0.2) is 42.4 Å². The molecule has 2 aliphatic rings. The van der Waals surface area contributed by atoms with Gasteiger partial charge in [0.05, 0.1) is 22.4 Å². The third-order valence-corrected chi connectivity index (χ3v) is 7.79. The van der Waals surface area contributed by atoms with E-state index in [0.717, 1.165) is 49.9 Å². The average Bonchev–Trinajstić information content (AvgIpc) is 3.15. The van der Waals surface area contributed by atoms with E-state index in [-0.39, 0.29) is 17.2 Å². The maximum absolute atomic E-state index is 12.7. The van der Waals surface area contributed by atoms with Crippen LogP contribution in [0.2, 0.25) is 5.15 Å². The number of aryl methyl sites for hydroxylation is 1. The summed E-state index contributed by atoms with van der Waals surface area (Å²) >= 11 is 6.40. The number of ether oxygens (including phenoxy) is 2. The third-order valence-electron chi connectivity index (χ3n) is 6.46. The van der Waals surface area contributed by atoms with E-state index >= 15 is 0 Å².